The molecule has 0 aliphatic carbocycles. The van der Waals surface area contributed by atoms with Crippen molar-refractivity contribution in [3.05, 3.63) is 16.9 Å². The Bertz CT molecular complexity index is 405. The number of nitrogens with one attached hydrogen (secondary N) is 1. The van der Waals surface area contributed by atoms with Gasteiger partial charge in [0.1, 0.15) is 0 Å². The Morgan fingerprint density at radius 3 is 3.15 bits per heavy atom. The molecular weight excluding hydrogens is 278 g/mol. The van der Waals surface area contributed by atoms with Crippen LogP contribution in [0.15, 0.2) is 6.20 Å². The van der Waals surface area contributed by atoms with Gasteiger partial charge in [-0.15, -0.1) is 0 Å². The predicted octanol–water partition coefficient (Wildman–Crippen LogP) is 2.40. The number of hydrogen-bond donors (Lipinski definition) is 1. The second kappa shape index (κ2) is 7.98. The first-order valence-electron chi connectivity index (χ1n) is 7.33. The van der Waals surface area contributed by atoms with Gasteiger partial charge in [-0.1, -0.05) is 18.5 Å². The number of methoxy groups -OCH3 is 1. The van der Waals surface area contributed by atoms with Crippen molar-refractivity contribution in [2.45, 2.75) is 44.9 Å². The molecule has 0 amide bonds. The molecule has 2 atom stereocenters. The van der Waals surface area contributed by atoms with Crippen LogP contribution in [0.25, 0.3) is 0 Å². The van der Waals surface area contributed by atoms with Crippen LogP contribution in [0.5, 0.6) is 0 Å². The maximum atomic E-state index is 6.36. The lowest BCUT2D eigenvalue weighted by molar-refractivity contribution is 0.0747. The molecule has 1 fully saturated rings. The minimum Gasteiger partial charge on any atom is -0.383 e. The van der Waals surface area contributed by atoms with Crippen LogP contribution in [0.4, 0.5) is 0 Å². The molecule has 0 aromatic carbocycles. The van der Waals surface area contributed by atoms with E-state index in [1.54, 1.807) is 13.3 Å². The fraction of sp³-hybridized carbons (Fsp3) is 0.786. The number of rotatable bonds is 8. The molecule has 1 aromatic rings. The van der Waals surface area contributed by atoms with E-state index >= 15 is 0 Å². The van der Waals surface area contributed by atoms with Gasteiger partial charge in [0.25, 0.3) is 0 Å². The van der Waals surface area contributed by atoms with Gasteiger partial charge in [-0.25, -0.2) is 0 Å². The van der Waals surface area contributed by atoms with Gasteiger partial charge >= 0.3 is 0 Å². The molecule has 0 bridgehead atoms. The largest absolute Gasteiger partial charge is 0.383 e. The van der Waals surface area contributed by atoms with E-state index in [1.807, 2.05) is 4.68 Å². The third-order valence-electron chi connectivity index (χ3n) is 3.59. The van der Waals surface area contributed by atoms with Gasteiger partial charge in [0.05, 0.1) is 42.2 Å². The van der Waals surface area contributed by atoms with Gasteiger partial charge in [0.2, 0.25) is 0 Å². The van der Waals surface area contributed by atoms with Crippen LogP contribution in [0, 0.1) is 0 Å². The summed E-state index contributed by atoms with van der Waals surface area (Å²) in [5.74, 6) is 0. The fourth-order valence-electron chi connectivity index (χ4n) is 2.61. The number of hydrogen-bond acceptors (Lipinski definition) is 4. The summed E-state index contributed by atoms with van der Waals surface area (Å²) in [5.41, 5.74) is 1.02. The first-order chi connectivity index (χ1) is 9.77. The van der Waals surface area contributed by atoms with Crippen molar-refractivity contribution < 1.29 is 9.47 Å². The van der Waals surface area contributed by atoms with Gasteiger partial charge in [-0.2, -0.15) is 5.10 Å². The molecule has 1 saturated heterocycles. The summed E-state index contributed by atoms with van der Waals surface area (Å²) in [4.78, 5) is 0. The van der Waals surface area contributed by atoms with Crippen LogP contribution in [0.1, 0.15) is 37.9 Å². The van der Waals surface area contributed by atoms with Gasteiger partial charge < -0.3 is 14.8 Å². The topological polar surface area (TPSA) is 48.3 Å². The Morgan fingerprint density at radius 1 is 1.65 bits per heavy atom. The molecule has 1 aliphatic rings. The zero-order chi connectivity index (χ0) is 14.4. The van der Waals surface area contributed by atoms with Gasteiger partial charge in [0, 0.05) is 13.7 Å². The highest BCUT2D eigenvalue weighted by molar-refractivity contribution is 6.31. The van der Waals surface area contributed by atoms with E-state index in [0.29, 0.717) is 18.2 Å². The molecule has 20 heavy (non-hydrogen) atoms. The maximum absolute atomic E-state index is 6.36. The van der Waals surface area contributed by atoms with Crippen molar-refractivity contribution in [2.75, 3.05) is 26.9 Å². The van der Waals surface area contributed by atoms with Gasteiger partial charge in [-0.3, -0.25) is 4.68 Å². The maximum Gasteiger partial charge on any atom is 0.0835 e. The Hall–Kier alpha value is -0.620. The average molecular weight is 302 g/mol. The van der Waals surface area contributed by atoms with Crippen molar-refractivity contribution in [2.24, 2.45) is 0 Å². The van der Waals surface area contributed by atoms with Crippen LogP contribution >= 0.6 is 11.6 Å². The summed E-state index contributed by atoms with van der Waals surface area (Å²) in [6.07, 6.45) is 5.14. The predicted molar refractivity (Wildman–Crippen MR) is 79.1 cm³/mol. The number of aromatic nitrogens is 2. The van der Waals surface area contributed by atoms with Crippen LogP contribution in [-0.4, -0.2) is 42.8 Å². The second-order valence-corrected chi connectivity index (χ2v) is 5.48. The Morgan fingerprint density at radius 2 is 2.50 bits per heavy atom. The first kappa shape index (κ1) is 15.8. The monoisotopic (exact) mass is 301 g/mol. The van der Waals surface area contributed by atoms with Gasteiger partial charge in [-0.05, 0) is 25.8 Å². The minimum absolute atomic E-state index is 0.101. The van der Waals surface area contributed by atoms with E-state index in [-0.39, 0.29) is 12.1 Å². The quantitative estimate of drug-likeness (QED) is 0.801. The third kappa shape index (κ3) is 3.73. The number of ether oxygens (including phenoxy) is 2. The zero-order valence-electron chi connectivity index (χ0n) is 12.3. The molecule has 1 aromatic heterocycles. The second-order valence-electron chi connectivity index (χ2n) is 5.08. The molecule has 2 rings (SSSR count). The summed E-state index contributed by atoms with van der Waals surface area (Å²) in [6.45, 7) is 5.26. The smallest absolute Gasteiger partial charge is 0.0835 e. The van der Waals surface area contributed by atoms with Crippen LogP contribution in [0.3, 0.4) is 0 Å². The van der Waals surface area contributed by atoms with E-state index in [0.717, 1.165) is 38.1 Å². The zero-order valence-corrected chi connectivity index (χ0v) is 13.0. The Balaban J connectivity index is 2.19. The molecular formula is C14H24ClN3O2. The fourth-order valence-corrected chi connectivity index (χ4v) is 2.87. The van der Waals surface area contributed by atoms with Crippen LogP contribution in [0.2, 0.25) is 5.02 Å². The lowest BCUT2D eigenvalue weighted by atomic mass is 10.0. The van der Waals surface area contributed by atoms with E-state index < -0.39 is 0 Å². The highest BCUT2D eigenvalue weighted by Crippen LogP contribution is 2.31. The Labute approximate surface area is 125 Å². The van der Waals surface area contributed by atoms with Crippen LogP contribution < -0.4 is 5.32 Å². The molecule has 5 nitrogen and oxygen atoms in total. The molecule has 0 radical (unpaired) electrons. The lowest BCUT2D eigenvalue weighted by Crippen LogP contribution is -2.34. The minimum atomic E-state index is 0.101. The molecule has 2 heterocycles. The number of nitrogens with zero attached hydrogens (tertiary/aromatic N) is 2. The van der Waals surface area contributed by atoms with Crippen molar-refractivity contribution >= 4 is 11.6 Å². The molecule has 114 valence electrons. The van der Waals surface area contributed by atoms with Crippen molar-refractivity contribution in [3.63, 3.8) is 0 Å². The molecule has 0 saturated carbocycles. The lowest BCUT2D eigenvalue weighted by Gasteiger charge is -2.25. The SMILES string of the molecule is CCCNC(c1c(Cl)cnn1CCOC)C1CCCO1. The van der Waals surface area contributed by atoms with Crippen molar-refractivity contribution in [1.29, 1.82) is 0 Å². The average Bonchev–Trinajstić information content (AvgIpc) is 3.09. The first-order valence-corrected chi connectivity index (χ1v) is 7.70. The number of halogens is 1. The highest BCUT2D eigenvalue weighted by atomic mass is 35.5. The van der Waals surface area contributed by atoms with E-state index in [1.165, 1.54) is 0 Å². The molecule has 6 heteroatoms. The van der Waals surface area contributed by atoms with Gasteiger partial charge in [0.15, 0.2) is 0 Å². The summed E-state index contributed by atoms with van der Waals surface area (Å²) < 4.78 is 12.9. The summed E-state index contributed by atoms with van der Waals surface area (Å²) >= 11 is 6.36. The molecule has 1 aliphatic heterocycles. The van der Waals surface area contributed by atoms with E-state index in [2.05, 4.69) is 17.3 Å². The van der Waals surface area contributed by atoms with Crippen molar-refractivity contribution in [3.8, 4) is 0 Å². The summed E-state index contributed by atoms with van der Waals surface area (Å²) in [7, 11) is 1.69. The summed E-state index contributed by atoms with van der Waals surface area (Å²) in [5, 5.41) is 8.62. The van der Waals surface area contributed by atoms with E-state index in [4.69, 9.17) is 21.1 Å². The standard InChI is InChI=1S/C14H24ClN3O2/c1-3-6-16-13(12-5-4-8-20-12)14-11(15)10-17-18(14)7-9-19-2/h10,12-13,16H,3-9H2,1-2H3. The summed E-state index contributed by atoms with van der Waals surface area (Å²) in [6, 6.07) is 0.101. The van der Waals surface area contributed by atoms with Crippen molar-refractivity contribution in [1.82, 2.24) is 15.1 Å². The molecule has 1 N–H and O–H groups in total. The highest BCUT2D eigenvalue weighted by Gasteiger charge is 2.31. The Kier molecular flexibility index (Phi) is 6.29. The molecule has 2 unspecified atom stereocenters. The molecule has 0 spiro atoms. The third-order valence-corrected chi connectivity index (χ3v) is 3.88. The van der Waals surface area contributed by atoms with Crippen LogP contribution in [-0.2, 0) is 16.0 Å². The normalized spacial score (nSPS) is 20.4. The van der Waals surface area contributed by atoms with E-state index in [9.17, 15) is 0 Å².